The first-order valence-electron chi connectivity index (χ1n) is 5.96. The van der Waals surface area contributed by atoms with E-state index in [1.807, 2.05) is 35.2 Å². The van der Waals surface area contributed by atoms with Crippen molar-refractivity contribution in [3.8, 4) is 0 Å². The Bertz CT molecular complexity index is 640. The molecule has 0 radical (unpaired) electrons. The zero-order chi connectivity index (χ0) is 12.7. The van der Waals surface area contributed by atoms with Gasteiger partial charge in [-0.3, -0.25) is 9.13 Å². The van der Waals surface area contributed by atoms with Gasteiger partial charge in [-0.25, -0.2) is 4.79 Å². The molecule has 0 spiro atoms. The zero-order valence-electron chi connectivity index (χ0n) is 9.84. The summed E-state index contributed by atoms with van der Waals surface area (Å²) in [5.74, 6) is 0. The number of nitrogens with two attached hydrogens (primary N) is 1. The zero-order valence-corrected chi connectivity index (χ0v) is 11.4. The molecule has 3 rings (SSSR count). The largest absolute Gasteiger partial charge is 0.398 e. The highest BCUT2D eigenvalue weighted by Gasteiger charge is 2.25. The molecule has 2 aromatic rings. The lowest BCUT2D eigenvalue weighted by molar-refractivity contribution is 0.656. The Hall–Kier alpha value is -1.49. The lowest BCUT2D eigenvalue weighted by atomic mass is 10.2. The van der Waals surface area contributed by atoms with Crippen LogP contribution >= 0.6 is 15.9 Å². The van der Waals surface area contributed by atoms with Crippen molar-refractivity contribution in [2.75, 3.05) is 5.73 Å². The van der Waals surface area contributed by atoms with Gasteiger partial charge < -0.3 is 5.73 Å². The molecule has 2 N–H and O–H groups in total. The topological polar surface area (TPSA) is 52.9 Å². The normalized spacial score (nSPS) is 14.9. The number of anilines is 1. The second-order valence-corrected chi connectivity index (χ2v) is 5.56. The molecule has 18 heavy (non-hydrogen) atoms. The maximum absolute atomic E-state index is 12.1. The van der Waals surface area contributed by atoms with Crippen molar-refractivity contribution in [1.82, 2.24) is 9.13 Å². The number of halogens is 1. The molecule has 0 unspecified atom stereocenters. The van der Waals surface area contributed by atoms with Crippen molar-refractivity contribution in [2.45, 2.75) is 25.4 Å². The van der Waals surface area contributed by atoms with Gasteiger partial charge in [0.25, 0.3) is 0 Å². The van der Waals surface area contributed by atoms with Gasteiger partial charge in [0.1, 0.15) is 0 Å². The van der Waals surface area contributed by atoms with Gasteiger partial charge in [0.2, 0.25) is 0 Å². The SMILES string of the molecule is Nc1cc(Cn2ccn(C3CC3)c2=O)ccc1Br. The minimum atomic E-state index is 0.0685. The van der Waals surface area contributed by atoms with Gasteiger partial charge in [-0.05, 0) is 46.5 Å². The van der Waals surface area contributed by atoms with Crippen LogP contribution in [0.3, 0.4) is 0 Å². The molecule has 0 saturated heterocycles. The van der Waals surface area contributed by atoms with Crippen LogP contribution in [-0.4, -0.2) is 9.13 Å². The maximum Gasteiger partial charge on any atom is 0.328 e. The van der Waals surface area contributed by atoms with Gasteiger partial charge in [-0.2, -0.15) is 0 Å². The van der Waals surface area contributed by atoms with E-state index in [9.17, 15) is 4.79 Å². The number of benzene rings is 1. The molecule has 0 atom stereocenters. The van der Waals surface area contributed by atoms with Crippen LogP contribution in [-0.2, 0) is 6.54 Å². The number of aromatic nitrogens is 2. The smallest absolute Gasteiger partial charge is 0.328 e. The van der Waals surface area contributed by atoms with E-state index < -0.39 is 0 Å². The number of nitrogens with zero attached hydrogens (tertiary/aromatic N) is 2. The Morgan fingerprint density at radius 3 is 2.78 bits per heavy atom. The van der Waals surface area contributed by atoms with Crippen LogP contribution in [0, 0.1) is 0 Å². The van der Waals surface area contributed by atoms with E-state index in [4.69, 9.17) is 5.73 Å². The average Bonchev–Trinajstić information content (AvgIpc) is 3.12. The van der Waals surface area contributed by atoms with Crippen molar-refractivity contribution in [1.29, 1.82) is 0 Å². The maximum atomic E-state index is 12.1. The van der Waals surface area contributed by atoms with E-state index in [0.29, 0.717) is 18.3 Å². The van der Waals surface area contributed by atoms with Crippen molar-refractivity contribution < 1.29 is 0 Å². The van der Waals surface area contributed by atoms with Crippen LogP contribution in [0.4, 0.5) is 5.69 Å². The molecule has 1 aromatic heterocycles. The molecule has 1 aliphatic carbocycles. The van der Waals surface area contributed by atoms with E-state index in [0.717, 1.165) is 22.9 Å². The average molecular weight is 308 g/mol. The van der Waals surface area contributed by atoms with Gasteiger partial charge >= 0.3 is 5.69 Å². The van der Waals surface area contributed by atoms with Gasteiger partial charge in [-0.1, -0.05) is 6.07 Å². The van der Waals surface area contributed by atoms with E-state index >= 15 is 0 Å². The monoisotopic (exact) mass is 307 g/mol. The van der Waals surface area contributed by atoms with Crippen LogP contribution in [0.1, 0.15) is 24.4 Å². The third-order valence-electron chi connectivity index (χ3n) is 3.23. The summed E-state index contributed by atoms with van der Waals surface area (Å²) in [7, 11) is 0. The number of nitrogen functional groups attached to an aromatic ring is 1. The van der Waals surface area contributed by atoms with E-state index in [2.05, 4.69) is 15.9 Å². The first-order valence-corrected chi connectivity index (χ1v) is 6.75. The third-order valence-corrected chi connectivity index (χ3v) is 3.95. The minimum absolute atomic E-state index is 0.0685. The molecule has 1 heterocycles. The molecule has 0 aliphatic heterocycles. The quantitative estimate of drug-likeness (QED) is 0.885. The highest BCUT2D eigenvalue weighted by Crippen LogP contribution is 2.33. The molecule has 1 saturated carbocycles. The molecule has 5 heteroatoms. The predicted molar refractivity (Wildman–Crippen MR) is 74.6 cm³/mol. The summed E-state index contributed by atoms with van der Waals surface area (Å²) in [6.07, 6.45) is 5.96. The lowest BCUT2D eigenvalue weighted by Crippen LogP contribution is -2.23. The summed E-state index contributed by atoms with van der Waals surface area (Å²) >= 11 is 3.36. The van der Waals surface area contributed by atoms with Gasteiger partial charge in [-0.15, -0.1) is 0 Å². The second kappa shape index (κ2) is 4.31. The molecular formula is C13H14BrN3O. The molecule has 0 amide bonds. The second-order valence-electron chi connectivity index (χ2n) is 4.70. The predicted octanol–water partition coefficient (Wildman–Crippen LogP) is 2.38. The lowest BCUT2D eigenvalue weighted by Gasteiger charge is -2.05. The molecule has 1 fully saturated rings. The highest BCUT2D eigenvalue weighted by molar-refractivity contribution is 9.10. The Balaban J connectivity index is 1.87. The Morgan fingerprint density at radius 2 is 2.11 bits per heavy atom. The number of imidazole rings is 1. The number of rotatable bonds is 3. The van der Waals surface area contributed by atoms with Crippen LogP contribution in [0.25, 0.3) is 0 Å². The number of hydrogen-bond donors (Lipinski definition) is 1. The van der Waals surface area contributed by atoms with Crippen molar-refractivity contribution >= 4 is 21.6 Å². The first-order chi connectivity index (χ1) is 8.65. The van der Waals surface area contributed by atoms with Crippen LogP contribution in [0.15, 0.2) is 39.9 Å². The van der Waals surface area contributed by atoms with E-state index in [1.54, 1.807) is 4.57 Å². The third kappa shape index (κ3) is 2.10. The summed E-state index contributed by atoms with van der Waals surface area (Å²) in [5.41, 5.74) is 7.63. The summed E-state index contributed by atoms with van der Waals surface area (Å²) in [6, 6.07) is 6.20. The molecule has 1 aliphatic rings. The van der Waals surface area contributed by atoms with Crippen LogP contribution in [0.2, 0.25) is 0 Å². The van der Waals surface area contributed by atoms with Crippen molar-refractivity contribution in [2.24, 2.45) is 0 Å². The van der Waals surface area contributed by atoms with Crippen molar-refractivity contribution in [3.63, 3.8) is 0 Å². The Kier molecular flexibility index (Phi) is 2.78. The van der Waals surface area contributed by atoms with E-state index in [-0.39, 0.29) is 5.69 Å². The van der Waals surface area contributed by atoms with Gasteiger partial charge in [0.05, 0.1) is 6.54 Å². The van der Waals surface area contributed by atoms with Crippen LogP contribution < -0.4 is 11.4 Å². The Labute approximate surface area is 113 Å². The molecule has 0 bridgehead atoms. The van der Waals surface area contributed by atoms with Gasteiger partial charge in [0.15, 0.2) is 0 Å². The van der Waals surface area contributed by atoms with E-state index in [1.165, 1.54) is 0 Å². The standard InChI is InChI=1S/C13H14BrN3O/c14-11-4-1-9(7-12(11)15)8-16-5-6-17(13(16)18)10-2-3-10/h1,4-7,10H,2-3,8,15H2. The summed E-state index contributed by atoms with van der Waals surface area (Å²) < 4.78 is 4.43. The molecule has 1 aromatic carbocycles. The fourth-order valence-electron chi connectivity index (χ4n) is 2.07. The highest BCUT2D eigenvalue weighted by atomic mass is 79.9. The summed E-state index contributed by atoms with van der Waals surface area (Å²) in [4.78, 5) is 12.1. The molecule has 4 nitrogen and oxygen atoms in total. The minimum Gasteiger partial charge on any atom is -0.398 e. The fourth-order valence-corrected chi connectivity index (χ4v) is 2.31. The molecule has 94 valence electrons. The number of hydrogen-bond acceptors (Lipinski definition) is 2. The first kappa shape index (κ1) is 11.6. The summed E-state index contributed by atoms with van der Waals surface area (Å²) in [6.45, 7) is 0.566. The fraction of sp³-hybridized carbons (Fsp3) is 0.308. The molecular weight excluding hydrogens is 294 g/mol. The Morgan fingerprint density at radius 1 is 1.33 bits per heavy atom. The van der Waals surface area contributed by atoms with Crippen molar-refractivity contribution in [3.05, 3.63) is 51.1 Å². The van der Waals surface area contributed by atoms with Crippen LogP contribution in [0.5, 0.6) is 0 Å². The summed E-state index contributed by atoms with van der Waals surface area (Å²) in [5, 5.41) is 0. The van der Waals surface area contributed by atoms with Gasteiger partial charge in [0, 0.05) is 28.6 Å².